The summed E-state index contributed by atoms with van der Waals surface area (Å²) in [5.74, 6) is -0.584. The number of fused-ring (bicyclic) bond motifs is 1. The molecule has 1 aromatic heterocycles. The van der Waals surface area contributed by atoms with Crippen LogP contribution in [0.15, 0.2) is 94.2 Å². The molecule has 0 saturated heterocycles. The van der Waals surface area contributed by atoms with E-state index in [0.29, 0.717) is 37.7 Å². The lowest BCUT2D eigenvalue weighted by Crippen LogP contribution is -2.40. The standard InChI is InChI=1S/C31H26N2O7S/c1-3-39-30(37)26-27(20-7-5-4-6-8-20)32-31-33(28(26)21-11-15-22(38-2)16-12-21)29(36)24(41-31)17-19-9-13-23(14-10-19)40-18-25(34)35/h4-17,28H,3,18H2,1-2H3,(H,34,35)/b24-17-. The van der Waals surface area contributed by atoms with E-state index in [1.54, 1.807) is 56.5 Å². The fourth-order valence-electron chi connectivity index (χ4n) is 4.50. The van der Waals surface area contributed by atoms with Crippen molar-refractivity contribution in [3.63, 3.8) is 0 Å². The van der Waals surface area contributed by atoms with Gasteiger partial charge in [-0.15, -0.1) is 0 Å². The van der Waals surface area contributed by atoms with Gasteiger partial charge in [-0.3, -0.25) is 9.36 Å². The fourth-order valence-corrected chi connectivity index (χ4v) is 5.50. The van der Waals surface area contributed by atoms with Crippen LogP contribution in [0.3, 0.4) is 0 Å². The van der Waals surface area contributed by atoms with Crippen LogP contribution in [-0.4, -0.2) is 41.9 Å². The van der Waals surface area contributed by atoms with Crippen LogP contribution in [0.5, 0.6) is 11.5 Å². The number of aromatic nitrogens is 1. The molecule has 0 radical (unpaired) electrons. The lowest BCUT2D eigenvalue weighted by atomic mass is 9.93. The Kier molecular flexibility index (Phi) is 8.11. The zero-order chi connectivity index (χ0) is 28.9. The summed E-state index contributed by atoms with van der Waals surface area (Å²) in [6.45, 7) is 1.45. The summed E-state index contributed by atoms with van der Waals surface area (Å²) >= 11 is 1.22. The Morgan fingerprint density at radius 3 is 2.32 bits per heavy atom. The lowest BCUT2D eigenvalue weighted by molar-refractivity contribution is -0.140. The van der Waals surface area contributed by atoms with Crippen LogP contribution in [0.25, 0.3) is 11.8 Å². The quantitative estimate of drug-likeness (QED) is 0.307. The average Bonchev–Trinajstić information content (AvgIpc) is 3.30. The average molecular weight is 571 g/mol. The molecule has 2 heterocycles. The molecule has 41 heavy (non-hydrogen) atoms. The monoisotopic (exact) mass is 570 g/mol. The molecule has 208 valence electrons. The van der Waals surface area contributed by atoms with Gasteiger partial charge in [-0.05, 0) is 48.4 Å². The molecule has 1 atom stereocenters. The van der Waals surface area contributed by atoms with Crippen LogP contribution in [0.2, 0.25) is 0 Å². The van der Waals surface area contributed by atoms with Gasteiger partial charge >= 0.3 is 11.9 Å². The second kappa shape index (κ2) is 12.1. The summed E-state index contributed by atoms with van der Waals surface area (Å²) < 4.78 is 18.0. The maximum absolute atomic E-state index is 13.9. The largest absolute Gasteiger partial charge is 0.497 e. The Morgan fingerprint density at radius 2 is 1.68 bits per heavy atom. The van der Waals surface area contributed by atoms with Crippen molar-refractivity contribution >= 4 is 35.0 Å². The predicted molar refractivity (Wildman–Crippen MR) is 154 cm³/mol. The Hall–Kier alpha value is -4.96. The second-order valence-electron chi connectivity index (χ2n) is 8.96. The first kappa shape index (κ1) is 27.6. The van der Waals surface area contributed by atoms with E-state index in [2.05, 4.69) is 0 Å². The Morgan fingerprint density at radius 1 is 1.00 bits per heavy atom. The Bertz CT molecular complexity index is 1790. The normalized spacial score (nSPS) is 14.7. The predicted octanol–water partition coefficient (Wildman–Crippen LogP) is 3.41. The summed E-state index contributed by atoms with van der Waals surface area (Å²) in [5.41, 5.74) is 2.54. The molecule has 4 aromatic rings. The van der Waals surface area contributed by atoms with Gasteiger partial charge in [0, 0.05) is 5.56 Å². The van der Waals surface area contributed by atoms with E-state index >= 15 is 0 Å². The van der Waals surface area contributed by atoms with Crippen molar-refractivity contribution in [1.29, 1.82) is 0 Å². The first-order valence-electron chi connectivity index (χ1n) is 12.8. The van der Waals surface area contributed by atoms with E-state index in [-0.39, 0.29) is 17.7 Å². The van der Waals surface area contributed by atoms with Crippen molar-refractivity contribution in [3.05, 3.63) is 121 Å². The highest BCUT2D eigenvalue weighted by Gasteiger charge is 2.35. The highest BCUT2D eigenvalue weighted by molar-refractivity contribution is 7.07. The molecule has 0 amide bonds. The number of thiazole rings is 1. The maximum atomic E-state index is 13.9. The minimum atomic E-state index is -1.07. The molecule has 9 nitrogen and oxygen atoms in total. The van der Waals surface area contributed by atoms with Crippen LogP contribution in [0.4, 0.5) is 0 Å². The molecule has 3 aromatic carbocycles. The SMILES string of the molecule is CCOC(=O)C1=C(c2ccccc2)N=c2s/c(=C\c3ccc(OCC(=O)O)cc3)c(=O)n2C1c1ccc(OC)cc1. The number of rotatable bonds is 9. The van der Waals surface area contributed by atoms with Crippen LogP contribution in [0, 0.1) is 0 Å². The number of methoxy groups -OCH3 is 1. The van der Waals surface area contributed by atoms with Crippen molar-refractivity contribution < 1.29 is 28.9 Å². The molecular formula is C31H26N2O7S. The molecule has 1 aliphatic heterocycles. The zero-order valence-corrected chi connectivity index (χ0v) is 23.1. The van der Waals surface area contributed by atoms with E-state index in [0.717, 1.165) is 5.56 Å². The number of carboxylic acid groups (broad SMARTS) is 1. The molecule has 1 aliphatic rings. The van der Waals surface area contributed by atoms with Crippen molar-refractivity contribution in [1.82, 2.24) is 4.57 Å². The number of benzene rings is 3. The number of carbonyl (C=O) groups excluding carboxylic acids is 1. The van der Waals surface area contributed by atoms with Gasteiger partial charge in [-0.1, -0.05) is 65.9 Å². The number of carboxylic acids is 1. The molecule has 0 bridgehead atoms. The van der Waals surface area contributed by atoms with Crippen molar-refractivity contribution in [2.24, 2.45) is 4.99 Å². The summed E-state index contributed by atoms with van der Waals surface area (Å²) in [5, 5.41) is 8.82. The molecule has 10 heteroatoms. The fraction of sp³-hybridized carbons (Fsp3) is 0.161. The number of carbonyl (C=O) groups is 2. The third-order valence-corrected chi connectivity index (χ3v) is 7.33. The van der Waals surface area contributed by atoms with Gasteiger partial charge in [0.1, 0.15) is 11.5 Å². The number of aliphatic carboxylic acids is 1. The summed E-state index contributed by atoms with van der Waals surface area (Å²) in [6, 6.07) is 22.5. The van der Waals surface area contributed by atoms with Gasteiger partial charge < -0.3 is 19.3 Å². The van der Waals surface area contributed by atoms with Crippen LogP contribution in [-0.2, 0) is 14.3 Å². The van der Waals surface area contributed by atoms with Gasteiger partial charge in [-0.25, -0.2) is 14.6 Å². The van der Waals surface area contributed by atoms with E-state index in [4.69, 9.17) is 24.3 Å². The topological polar surface area (TPSA) is 116 Å². The molecular weight excluding hydrogens is 544 g/mol. The molecule has 0 saturated carbocycles. The first-order valence-corrected chi connectivity index (χ1v) is 13.6. The number of hydrogen-bond acceptors (Lipinski definition) is 8. The Labute approximate surface area is 238 Å². The lowest BCUT2D eigenvalue weighted by Gasteiger charge is -2.26. The van der Waals surface area contributed by atoms with Gasteiger partial charge in [0.15, 0.2) is 11.4 Å². The number of esters is 1. The first-order chi connectivity index (χ1) is 19.9. The number of hydrogen-bond donors (Lipinski definition) is 1. The smallest absolute Gasteiger partial charge is 0.341 e. The minimum absolute atomic E-state index is 0.163. The van der Waals surface area contributed by atoms with E-state index in [1.807, 2.05) is 42.5 Å². The number of ether oxygens (including phenoxy) is 3. The highest BCUT2D eigenvalue weighted by atomic mass is 32.1. The Balaban J connectivity index is 1.70. The van der Waals surface area contributed by atoms with Crippen molar-refractivity contribution in [3.8, 4) is 11.5 Å². The van der Waals surface area contributed by atoms with Crippen LogP contribution < -0.4 is 24.4 Å². The summed E-state index contributed by atoms with van der Waals surface area (Å²) in [7, 11) is 1.57. The van der Waals surface area contributed by atoms with E-state index < -0.39 is 24.6 Å². The molecule has 5 rings (SSSR count). The third-order valence-electron chi connectivity index (χ3n) is 6.35. The molecule has 0 fully saturated rings. The molecule has 0 spiro atoms. The van der Waals surface area contributed by atoms with E-state index in [9.17, 15) is 14.4 Å². The third kappa shape index (κ3) is 5.82. The zero-order valence-electron chi connectivity index (χ0n) is 22.3. The maximum Gasteiger partial charge on any atom is 0.341 e. The number of nitrogens with zero attached hydrogens (tertiary/aromatic N) is 2. The summed E-state index contributed by atoms with van der Waals surface area (Å²) in [4.78, 5) is 43.5. The van der Waals surface area contributed by atoms with Gasteiger partial charge in [0.05, 0.1) is 35.6 Å². The van der Waals surface area contributed by atoms with Crippen molar-refractivity contribution in [2.45, 2.75) is 13.0 Å². The van der Waals surface area contributed by atoms with Gasteiger partial charge in [-0.2, -0.15) is 0 Å². The van der Waals surface area contributed by atoms with Gasteiger partial charge in [0.2, 0.25) is 0 Å². The molecule has 1 N–H and O–H groups in total. The van der Waals surface area contributed by atoms with Crippen LogP contribution in [0.1, 0.15) is 29.7 Å². The van der Waals surface area contributed by atoms with E-state index in [1.165, 1.54) is 15.9 Å². The minimum Gasteiger partial charge on any atom is -0.497 e. The van der Waals surface area contributed by atoms with Crippen LogP contribution >= 0.6 is 11.3 Å². The van der Waals surface area contributed by atoms with Crippen molar-refractivity contribution in [2.75, 3.05) is 20.3 Å². The molecule has 1 unspecified atom stereocenters. The van der Waals surface area contributed by atoms with Gasteiger partial charge in [0.25, 0.3) is 5.56 Å². The summed E-state index contributed by atoms with van der Waals surface area (Å²) in [6.07, 6.45) is 1.73. The highest BCUT2D eigenvalue weighted by Crippen LogP contribution is 2.35. The second-order valence-corrected chi connectivity index (χ2v) is 9.97. The molecule has 0 aliphatic carbocycles.